The number of rotatable bonds is 3. The quantitative estimate of drug-likeness (QED) is 0.911. The maximum atomic E-state index is 11.8. The fourth-order valence-corrected chi connectivity index (χ4v) is 1.92. The van der Waals surface area contributed by atoms with E-state index in [4.69, 9.17) is 4.74 Å². The number of aromatic amines is 1. The molecular formula is C16H22N4O2. The minimum Gasteiger partial charge on any atom is -0.444 e. The largest absolute Gasteiger partial charge is 0.444 e. The number of nitrogens with zero attached hydrogens (tertiary/aromatic N) is 2. The number of alkyl carbamates (subject to hydrolysis) is 1. The Hall–Kier alpha value is -2.37. The molecule has 0 aromatic carbocycles. The van der Waals surface area contributed by atoms with Gasteiger partial charge in [-0.2, -0.15) is 0 Å². The van der Waals surface area contributed by atoms with E-state index >= 15 is 0 Å². The molecule has 0 saturated carbocycles. The summed E-state index contributed by atoms with van der Waals surface area (Å²) in [4.78, 5) is 23.8. The summed E-state index contributed by atoms with van der Waals surface area (Å²) < 4.78 is 5.24. The number of aromatic nitrogens is 3. The lowest BCUT2D eigenvalue weighted by Gasteiger charge is -2.21. The summed E-state index contributed by atoms with van der Waals surface area (Å²) in [6, 6.07) is 5.49. The third-order valence-electron chi connectivity index (χ3n) is 2.91. The van der Waals surface area contributed by atoms with Crippen molar-refractivity contribution < 1.29 is 9.53 Å². The molecule has 118 valence electrons. The molecule has 0 fully saturated rings. The average Bonchev–Trinajstić information content (AvgIpc) is 2.85. The molecule has 2 heterocycles. The molecule has 2 N–H and O–H groups in total. The second-order valence-corrected chi connectivity index (χ2v) is 6.21. The summed E-state index contributed by atoms with van der Waals surface area (Å²) in [5.41, 5.74) is 1.90. The molecule has 0 aliphatic carbocycles. The van der Waals surface area contributed by atoms with Crippen LogP contribution in [0.5, 0.6) is 0 Å². The smallest absolute Gasteiger partial charge is 0.408 e. The second-order valence-electron chi connectivity index (χ2n) is 6.21. The molecule has 0 aliphatic heterocycles. The number of pyridine rings is 1. The molecule has 0 aliphatic rings. The van der Waals surface area contributed by atoms with E-state index in [1.54, 1.807) is 6.20 Å². The number of carbonyl (C=O) groups excluding carboxylic acids is 1. The Morgan fingerprint density at radius 1 is 1.32 bits per heavy atom. The Bertz CT molecular complexity index is 658. The molecule has 6 heteroatoms. The van der Waals surface area contributed by atoms with E-state index in [-0.39, 0.29) is 6.04 Å². The number of H-pyrrole nitrogens is 1. The van der Waals surface area contributed by atoms with E-state index in [0.717, 1.165) is 17.1 Å². The maximum absolute atomic E-state index is 11.8. The highest BCUT2D eigenvalue weighted by atomic mass is 16.6. The number of hydrogen-bond acceptors (Lipinski definition) is 4. The van der Waals surface area contributed by atoms with Crippen LogP contribution in [-0.4, -0.2) is 26.6 Å². The van der Waals surface area contributed by atoms with Gasteiger partial charge in [0.15, 0.2) is 5.82 Å². The number of aryl methyl sites for hydroxylation is 1. The normalized spacial score (nSPS) is 12.8. The summed E-state index contributed by atoms with van der Waals surface area (Å²) in [5, 5.41) is 2.76. The zero-order chi connectivity index (χ0) is 16.3. The lowest BCUT2D eigenvalue weighted by atomic mass is 10.2. The molecule has 0 bridgehead atoms. The van der Waals surface area contributed by atoms with E-state index in [9.17, 15) is 4.79 Å². The van der Waals surface area contributed by atoms with Crippen LogP contribution in [0.15, 0.2) is 24.4 Å². The van der Waals surface area contributed by atoms with Gasteiger partial charge in [-0.05, 0) is 46.8 Å². The number of hydrogen-bond donors (Lipinski definition) is 2. The van der Waals surface area contributed by atoms with Gasteiger partial charge < -0.3 is 15.0 Å². The van der Waals surface area contributed by atoms with Crippen LogP contribution in [0.1, 0.15) is 45.1 Å². The van der Waals surface area contributed by atoms with Crippen molar-refractivity contribution in [2.24, 2.45) is 0 Å². The monoisotopic (exact) mass is 302 g/mol. The predicted molar refractivity (Wildman–Crippen MR) is 84.3 cm³/mol. The van der Waals surface area contributed by atoms with Gasteiger partial charge in [0.25, 0.3) is 0 Å². The van der Waals surface area contributed by atoms with Gasteiger partial charge in [0.05, 0.1) is 11.7 Å². The summed E-state index contributed by atoms with van der Waals surface area (Å²) in [6.45, 7) is 9.27. The van der Waals surface area contributed by atoms with Crippen molar-refractivity contribution in [3.05, 3.63) is 35.8 Å². The highest BCUT2D eigenvalue weighted by molar-refractivity contribution is 5.68. The summed E-state index contributed by atoms with van der Waals surface area (Å²) in [6.07, 6.45) is 1.31. The summed E-state index contributed by atoms with van der Waals surface area (Å²) in [5.74, 6) is 0.677. The lowest BCUT2D eigenvalue weighted by molar-refractivity contribution is 0.0507. The van der Waals surface area contributed by atoms with E-state index in [1.807, 2.05) is 52.8 Å². The van der Waals surface area contributed by atoms with E-state index in [1.165, 1.54) is 0 Å². The fourth-order valence-electron chi connectivity index (χ4n) is 1.92. The van der Waals surface area contributed by atoms with Crippen molar-refractivity contribution in [1.82, 2.24) is 20.3 Å². The van der Waals surface area contributed by atoms with Gasteiger partial charge in [-0.25, -0.2) is 14.8 Å². The van der Waals surface area contributed by atoms with Gasteiger partial charge in [0, 0.05) is 11.9 Å². The molecule has 6 nitrogen and oxygen atoms in total. The highest BCUT2D eigenvalue weighted by Crippen LogP contribution is 2.17. The summed E-state index contributed by atoms with van der Waals surface area (Å²) >= 11 is 0. The van der Waals surface area contributed by atoms with Crippen LogP contribution in [-0.2, 0) is 4.74 Å². The van der Waals surface area contributed by atoms with Gasteiger partial charge in [0.2, 0.25) is 0 Å². The lowest BCUT2D eigenvalue weighted by Crippen LogP contribution is -2.34. The molecule has 2 aromatic rings. The van der Waals surface area contributed by atoms with Crippen LogP contribution in [0.3, 0.4) is 0 Å². The second kappa shape index (κ2) is 6.17. The van der Waals surface area contributed by atoms with E-state index < -0.39 is 11.7 Å². The van der Waals surface area contributed by atoms with Crippen LogP contribution >= 0.6 is 0 Å². The van der Waals surface area contributed by atoms with Gasteiger partial charge >= 0.3 is 6.09 Å². The number of amides is 1. The van der Waals surface area contributed by atoms with Crippen molar-refractivity contribution in [2.75, 3.05) is 0 Å². The molecular weight excluding hydrogens is 280 g/mol. The highest BCUT2D eigenvalue weighted by Gasteiger charge is 2.19. The van der Waals surface area contributed by atoms with Gasteiger partial charge in [0.1, 0.15) is 11.3 Å². The molecule has 1 atom stereocenters. The Morgan fingerprint density at radius 2 is 2.05 bits per heavy atom. The van der Waals surface area contributed by atoms with Crippen molar-refractivity contribution in [2.45, 2.75) is 46.3 Å². The number of imidazole rings is 1. The number of nitrogens with one attached hydrogen (secondary N) is 2. The average molecular weight is 302 g/mol. The summed E-state index contributed by atoms with van der Waals surface area (Å²) in [7, 11) is 0. The van der Waals surface area contributed by atoms with Crippen molar-refractivity contribution in [3.8, 4) is 11.5 Å². The van der Waals surface area contributed by atoms with Crippen molar-refractivity contribution in [1.29, 1.82) is 0 Å². The molecule has 22 heavy (non-hydrogen) atoms. The van der Waals surface area contributed by atoms with Gasteiger partial charge in [-0.3, -0.25) is 0 Å². The minimum absolute atomic E-state index is 0.260. The van der Waals surface area contributed by atoms with Crippen molar-refractivity contribution >= 4 is 6.09 Å². The standard InChI is InChI=1S/C16H22N4O2/c1-10-7-6-8-12(18-10)14-17-9-13(20-14)11(2)19-15(21)22-16(3,4)5/h6-9,11H,1-5H3,(H,17,20)(H,19,21). The van der Waals surface area contributed by atoms with E-state index in [2.05, 4.69) is 20.3 Å². The van der Waals surface area contributed by atoms with Crippen LogP contribution in [0.4, 0.5) is 4.79 Å². The van der Waals surface area contributed by atoms with Crippen LogP contribution < -0.4 is 5.32 Å². The van der Waals surface area contributed by atoms with Crippen LogP contribution in [0, 0.1) is 6.92 Å². The number of ether oxygens (including phenoxy) is 1. The first-order valence-corrected chi connectivity index (χ1v) is 7.23. The third kappa shape index (κ3) is 4.31. The molecule has 0 radical (unpaired) electrons. The van der Waals surface area contributed by atoms with Gasteiger partial charge in [-0.1, -0.05) is 6.07 Å². The molecule has 1 unspecified atom stereocenters. The first kappa shape index (κ1) is 16.0. The fraction of sp³-hybridized carbons (Fsp3) is 0.438. The predicted octanol–water partition coefficient (Wildman–Crippen LogP) is 3.37. The van der Waals surface area contributed by atoms with Gasteiger partial charge in [-0.15, -0.1) is 0 Å². The molecule has 0 spiro atoms. The minimum atomic E-state index is -0.522. The zero-order valence-corrected chi connectivity index (χ0v) is 13.6. The maximum Gasteiger partial charge on any atom is 0.408 e. The first-order chi connectivity index (χ1) is 10.2. The Morgan fingerprint density at radius 3 is 2.68 bits per heavy atom. The number of carbonyl (C=O) groups is 1. The zero-order valence-electron chi connectivity index (χ0n) is 13.6. The molecule has 0 saturated heterocycles. The Kier molecular flexibility index (Phi) is 4.49. The van der Waals surface area contributed by atoms with Crippen LogP contribution in [0.25, 0.3) is 11.5 Å². The SMILES string of the molecule is Cc1cccc(-c2nc(C(C)NC(=O)OC(C)(C)C)c[nH]2)n1. The third-order valence-corrected chi connectivity index (χ3v) is 2.91. The molecule has 2 aromatic heterocycles. The Labute approximate surface area is 130 Å². The van der Waals surface area contributed by atoms with Crippen molar-refractivity contribution in [3.63, 3.8) is 0 Å². The van der Waals surface area contributed by atoms with Crippen LogP contribution in [0.2, 0.25) is 0 Å². The Balaban J connectivity index is 2.06. The van der Waals surface area contributed by atoms with E-state index in [0.29, 0.717) is 5.82 Å². The topological polar surface area (TPSA) is 79.9 Å². The molecule has 2 rings (SSSR count). The molecule has 1 amide bonds. The first-order valence-electron chi connectivity index (χ1n) is 7.23.